The molecule has 1 aliphatic rings. The summed E-state index contributed by atoms with van der Waals surface area (Å²) in [5.74, 6) is 0.917. The average Bonchev–Trinajstić information content (AvgIpc) is 3.36. The Morgan fingerprint density at radius 1 is 1.12 bits per heavy atom. The maximum absolute atomic E-state index is 11.8. The van der Waals surface area contributed by atoms with Crippen LogP contribution in [0.4, 0.5) is 15.7 Å². The Labute approximate surface area is 205 Å². The maximum atomic E-state index is 11.8. The molecule has 3 aromatic heterocycles. The van der Waals surface area contributed by atoms with E-state index in [-0.39, 0.29) is 0 Å². The van der Waals surface area contributed by atoms with Gasteiger partial charge in [0.25, 0.3) is 0 Å². The van der Waals surface area contributed by atoms with Gasteiger partial charge in [-0.2, -0.15) is 4.52 Å². The van der Waals surface area contributed by atoms with Crippen molar-refractivity contribution in [1.82, 2.24) is 29.7 Å². The molecule has 0 bridgehead atoms. The zero-order valence-electron chi connectivity index (χ0n) is 19.5. The fourth-order valence-corrected chi connectivity index (χ4v) is 5.93. The molecule has 1 amide bonds. The number of nitrogens with zero attached hydrogens (tertiary/aromatic N) is 8. The Balaban J connectivity index is 1.43. The first-order chi connectivity index (χ1) is 16.2. The van der Waals surface area contributed by atoms with Gasteiger partial charge in [0.15, 0.2) is 10.8 Å². The number of anilines is 2. The van der Waals surface area contributed by atoms with Crippen LogP contribution in [-0.2, 0) is 0 Å². The highest BCUT2D eigenvalue weighted by Gasteiger charge is 2.30. The van der Waals surface area contributed by atoms with Crippen molar-refractivity contribution in [2.75, 3.05) is 43.0 Å². The summed E-state index contributed by atoms with van der Waals surface area (Å²) in [4.78, 5) is 23.3. The van der Waals surface area contributed by atoms with Crippen LogP contribution >= 0.6 is 23.1 Å². The molecular weight excluding hydrogens is 472 g/mol. The fraction of sp³-hybridized carbons (Fsp3) is 0.409. The van der Waals surface area contributed by atoms with Gasteiger partial charge >= 0.3 is 6.09 Å². The highest BCUT2D eigenvalue weighted by Crippen LogP contribution is 2.36. The number of aromatic nitrogens is 5. The van der Waals surface area contributed by atoms with E-state index < -0.39 is 11.6 Å². The Bertz CT molecular complexity index is 1350. The third kappa shape index (κ3) is 4.40. The predicted octanol–water partition coefficient (Wildman–Crippen LogP) is 3.92. The third-order valence-corrected chi connectivity index (χ3v) is 7.59. The van der Waals surface area contributed by atoms with Crippen LogP contribution in [0.25, 0.3) is 15.9 Å². The van der Waals surface area contributed by atoms with Gasteiger partial charge in [0, 0.05) is 36.6 Å². The number of carboxylic acid groups (broad SMARTS) is 1. The monoisotopic (exact) mass is 498 g/mol. The van der Waals surface area contributed by atoms with Crippen molar-refractivity contribution < 1.29 is 9.90 Å². The SMILES string of the molecule is CN1CCN(c2ccc3nnc(Sc4ccc5nc(N(C(=O)O)C(C)(C)C)sc5c4)n3n2)CC1. The number of hydrogen-bond acceptors (Lipinski definition) is 9. The van der Waals surface area contributed by atoms with Gasteiger partial charge in [-0.1, -0.05) is 11.3 Å². The number of piperazine rings is 1. The number of amides is 1. The van der Waals surface area contributed by atoms with Crippen molar-refractivity contribution in [2.24, 2.45) is 0 Å². The lowest BCUT2D eigenvalue weighted by Crippen LogP contribution is -2.45. The number of hydrogen-bond donors (Lipinski definition) is 1. The summed E-state index contributed by atoms with van der Waals surface area (Å²) in [5.41, 5.74) is 0.871. The highest BCUT2D eigenvalue weighted by atomic mass is 32.2. The molecule has 4 aromatic rings. The Hall–Kier alpha value is -2.96. The van der Waals surface area contributed by atoms with Crippen molar-refractivity contribution in [2.45, 2.75) is 36.4 Å². The number of benzene rings is 1. The van der Waals surface area contributed by atoms with Gasteiger partial charge in [0.2, 0.25) is 5.16 Å². The van der Waals surface area contributed by atoms with E-state index in [1.54, 1.807) is 4.52 Å². The standard InChI is InChI=1S/C22H26N8O2S2/c1-22(2,3)29(21(31)32)19-23-15-6-5-14(13-16(15)34-19)33-20-25-24-17-7-8-18(26-30(17)20)28-11-9-27(4)10-12-28/h5-8,13H,9-12H2,1-4H3,(H,31,32). The smallest absolute Gasteiger partial charge is 0.414 e. The summed E-state index contributed by atoms with van der Waals surface area (Å²) in [6.07, 6.45) is -1.02. The quantitative estimate of drug-likeness (QED) is 0.448. The molecule has 1 aliphatic heterocycles. The summed E-state index contributed by atoms with van der Waals surface area (Å²) in [6, 6.07) is 9.83. The van der Waals surface area contributed by atoms with E-state index in [4.69, 9.17) is 5.10 Å². The molecule has 1 aromatic carbocycles. The summed E-state index contributed by atoms with van der Waals surface area (Å²) in [5, 5.41) is 24.3. The van der Waals surface area contributed by atoms with Gasteiger partial charge in [0.1, 0.15) is 5.82 Å². The van der Waals surface area contributed by atoms with E-state index in [1.165, 1.54) is 28.0 Å². The van der Waals surface area contributed by atoms with Gasteiger partial charge in [0.05, 0.1) is 10.2 Å². The van der Waals surface area contributed by atoms with E-state index in [1.807, 2.05) is 51.1 Å². The van der Waals surface area contributed by atoms with Crippen LogP contribution in [0.2, 0.25) is 0 Å². The number of thiazole rings is 1. The Morgan fingerprint density at radius 3 is 2.59 bits per heavy atom. The second kappa shape index (κ2) is 8.67. The molecule has 1 saturated heterocycles. The third-order valence-electron chi connectivity index (χ3n) is 5.66. The predicted molar refractivity (Wildman–Crippen MR) is 134 cm³/mol. The summed E-state index contributed by atoms with van der Waals surface area (Å²) in [6.45, 7) is 9.46. The molecule has 1 fully saturated rings. The second-order valence-electron chi connectivity index (χ2n) is 9.25. The molecule has 0 saturated carbocycles. The van der Waals surface area contributed by atoms with Crippen LogP contribution in [0.3, 0.4) is 0 Å². The lowest BCUT2D eigenvalue weighted by molar-refractivity contribution is 0.195. The van der Waals surface area contributed by atoms with Crippen LogP contribution in [0.15, 0.2) is 40.4 Å². The first kappa shape index (κ1) is 22.8. The molecule has 5 rings (SSSR count). The van der Waals surface area contributed by atoms with Crippen molar-refractivity contribution in [1.29, 1.82) is 0 Å². The molecule has 4 heterocycles. The number of carbonyl (C=O) groups is 1. The van der Waals surface area contributed by atoms with Crippen LogP contribution in [0.1, 0.15) is 20.8 Å². The topological polar surface area (TPSA) is 103 Å². The van der Waals surface area contributed by atoms with Gasteiger partial charge in [-0.15, -0.1) is 15.3 Å². The van der Waals surface area contributed by atoms with Crippen LogP contribution in [-0.4, -0.2) is 79.7 Å². The summed E-state index contributed by atoms with van der Waals surface area (Å²) >= 11 is 2.84. The lowest BCUT2D eigenvalue weighted by Gasteiger charge is -2.33. The normalized spacial score (nSPS) is 15.4. The van der Waals surface area contributed by atoms with Crippen LogP contribution in [0, 0.1) is 0 Å². The fourth-order valence-electron chi connectivity index (χ4n) is 3.84. The minimum Gasteiger partial charge on any atom is -0.465 e. The lowest BCUT2D eigenvalue weighted by atomic mass is 10.1. The van der Waals surface area contributed by atoms with E-state index in [2.05, 4.69) is 32.0 Å². The molecule has 0 atom stereocenters. The average molecular weight is 499 g/mol. The van der Waals surface area contributed by atoms with Gasteiger partial charge in [-0.25, -0.2) is 14.7 Å². The van der Waals surface area contributed by atoms with E-state index in [0.29, 0.717) is 15.9 Å². The highest BCUT2D eigenvalue weighted by molar-refractivity contribution is 7.99. The van der Waals surface area contributed by atoms with Crippen LogP contribution in [0.5, 0.6) is 0 Å². The van der Waals surface area contributed by atoms with Gasteiger partial charge in [-0.3, -0.25) is 0 Å². The molecule has 0 radical (unpaired) electrons. The molecule has 0 aliphatic carbocycles. The minimum absolute atomic E-state index is 0.462. The van der Waals surface area contributed by atoms with Crippen molar-refractivity contribution in [3.63, 3.8) is 0 Å². The van der Waals surface area contributed by atoms with E-state index in [9.17, 15) is 9.90 Å². The zero-order chi connectivity index (χ0) is 24.0. The summed E-state index contributed by atoms with van der Waals surface area (Å²) in [7, 11) is 2.13. The summed E-state index contributed by atoms with van der Waals surface area (Å²) < 4.78 is 2.70. The minimum atomic E-state index is -1.02. The van der Waals surface area contributed by atoms with E-state index in [0.717, 1.165) is 47.1 Å². The van der Waals surface area contributed by atoms with Gasteiger partial charge in [-0.05, 0) is 69.9 Å². The molecule has 178 valence electrons. The second-order valence-corrected chi connectivity index (χ2v) is 11.3. The zero-order valence-corrected chi connectivity index (χ0v) is 21.1. The molecule has 34 heavy (non-hydrogen) atoms. The molecule has 12 heteroatoms. The first-order valence-corrected chi connectivity index (χ1v) is 12.6. The van der Waals surface area contributed by atoms with Crippen LogP contribution < -0.4 is 9.80 Å². The Morgan fingerprint density at radius 2 is 1.88 bits per heavy atom. The molecular formula is C22H26N8O2S2. The largest absolute Gasteiger partial charge is 0.465 e. The van der Waals surface area contributed by atoms with Gasteiger partial charge < -0.3 is 14.9 Å². The molecule has 10 nitrogen and oxygen atoms in total. The van der Waals surface area contributed by atoms with Crippen molar-refractivity contribution in [3.05, 3.63) is 30.3 Å². The van der Waals surface area contributed by atoms with Crippen molar-refractivity contribution in [3.8, 4) is 0 Å². The van der Waals surface area contributed by atoms with Crippen molar-refractivity contribution >= 4 is 56.0 Å². The van der Waals surface area contributed by atoms with E-state index >= 15 is 0 Å². The first-order valence-electron chi connectivity index (χ1n) is 11.0. The molecule has 0 spiro atoms. The Kier molecular flexibility index (Phi) is 5.82. The molecule has 0 unspecified atom stereocenters. The number of likely N-dealkylation sites (N-methyl/N-ethyl adjacent to an activating group) is 1. The number of rotatable bonds is 4. The molecule has 1 N–H and O–H groups in total. The number of fused-ring (bicyclic) bond motifs is 2. The maximum Gasteiger partial charge on any atom is 0.414 e.